The van der Waals surface area contributed by atoms with Gasteiger partial charge in [0.05, 0.1) is 5.39 Å². The van der Waals surface area contributed by atoms with Crippen molar-refractivity contribution in [3.63, 3.8) is 0 Å². The van der Waals surface area contributed by atoms with Gasteiger partial charge in [0.15, 0.2) is 0 Å². The SMILES string of the molecule is CN(C)C1CCC(Nc2ncnc3sc4c(c23)C(CCl)CC4)CC1. The van der Waals surface area contributed by atoms with Crippen LogP contribution in [0.3, 0.4) is 0 Å². The van der Waals surface area contributed by atoms with Crippen molar-refractivity contribution in [1.82, 2.24) is 14.9 Å². The number of thiophene rings is 1. The van der Waals surface area contributed by atoms with Gasteiger partial charge >= 0.3 is 0 Å². The Morgan fingerprint density at radius 2 is 2.00 bits per heavy atom. The molecule has 0 radical (unpaired) electrons. The second kappa shape index (κ2) is 6.77. The lowest BCUT2D eigenvalue weighted by Crippen LogP contribution is -2.36. The first-order chi connectivity index (χ1) is 11.7. The van der Waals surface area contributed by atoms with E-state index in [4.69, 9.17) is 11.6 Å². The lowest BCUT2D eigenvalue weighted by Gasteiger charge is -2.33. The number of nitrogens with zero attached hydrogens (tertiary/aromatic N) is 3. The second-order valence-corrected chi connectivity index (χ2v) is 8.74. The minimum atomic E-state index is 0.464. The largest absolute Gasteiger partial charge is 0.367 e. The van der Waals surface area contributed by atoms with Gasteiger partial charge in [-0.05, 0) is 64.1 Å². The maximum absolute atomic E-state index is 6.22. The van der Waals surface area contributed by atoms with Crippen molar-refractivity contribution in [2.75, 3.05) is 25.3 Å². The molecule has 0 saturated heterocycles. The quantitative estimate of drug-likeness (QED) is 0.823. The number of hydrogen-bond acceptors (Lipinski definition) is 5. The summed E-state index contributed by atoms with van der Waals surface area (Å²) < 4.78 is 0. The van der Waals surface area contributed by atoms with E-state index in [0.29, 0.717) is 17.8 Å². The van der Waals surface area contributed by atoms with Crippen LogP contribution in [0.15, 0.2) is 6.33 Å². The Morgan fingerprint density at radius 3 is 2.71 bits per heavy atom. The van der Waals surface area contributed by atoms with Crippen LogP contribution >= 0.6 is 22.9 Å². The van der Waals surface area contributed by atoms with Crippen LogP contribution in [0.1, 0.15) is 48.5 Å². The summed E-state index contributed by atoms with van der Waals surface area (Å²) in [7, 11) is 4.38. The van der Waals surface area contributed by atoms with Crippen LogP contribution in [0.2, 0.25) is 0 Å². The number of aryl methyl sites for hydroxylation is 1. The summed E-state index contributed by atoms with van der Waals surface area (Å²) in [6, 6.07) is 1.24. The minimum Gasteiger partial charge on any atom is -0.367 e. The molecule has 2 aliphatic rings. The standard InChI is InChI=1S/C18H25ClN4S/c1-23(2)13-6-4-12(5-7-13)22-17-16-15-11(9-19)3-8-14(15)24-18(16)21-10-20-17/h10-13H,3-9H2,1-2H3,(H,20,21,22). The van der Waals surface area contributed by atoms with Crippen LogP contribution in [0.25, 0.3) is 10.2 Å². The van der Waals surface area contributed by atoms with Crippen molar-refractivity contribution in [2.24, 2.45) is 0 Å². The lowest BCUT2D eigenvalue weighted by atomic mass is 9.90. The Bertz CT molecular complexity index is 721. The average Bonchev–Trinajstić information content (AvgIpc) is 3.14. The highest BCUT2D eigenvalue weighted by molar-refractivity contribution is 7.19. The molecule has 0 amide bonds. The average molecular weight is 365 g/mol. The van der Waals surface area contributed by atoms with Gasteiger partial charge in [-0.3, -0.25) is 0 Å². The highest BCUT2D eigenvalue weighted by Gasteiger charge is 2.30. The van der Waals surface area contributed by atoms with Crippen molar-refractivity contribution in [2.45, 2.75) is 56.5 Å². The maximum Gasteiger partial charge on any atom is 0.138 e. The van der Waals surface area contributed by atoms with Gasteiger partial charge in [-0.2, -0.15) is 0 Å². The molecule has 130 valence electrons. The Hall–Kier alpha value is -0.910. The van der Waals surface area contributed by atoms with E-state index in [1.807, 2.05) is 11.3 Å². The first kappa shape index (κ1) is 16.6. The van der Waals surface area contributed by atoms with E-state index >= 15 is 0 Å². The fourth-order valence-electron chi connectivity index (χ4n) is 4.26. The fourth-order valence-corrected chi connectivity index (χ4v) is 5.81. The van der Waals surface area contributed by atoms with Crippen molar-refractivity contribution in [1.29, 1.82) is 0 Å². The molecule has 2 aliphatic carbocycles. The molecule has 1 N–H and O–H groups in total. The predicted molar refractivity (Wildman–Crippen MR) is 103 cm³/mol. The summed E-state index contributed by atoms with van der Waals surface area (Å²) >= 11 is 8.05. The Kier molecular flexibility index (Phi) is 4.67. The summed E-state index contributed by atoms with van der Waals surface area (Å²) in [5.74, 6) is 2.19. The molecule has 1 saturated carbocycles. The topological polar surface area (TPSA) is 41.0 Å². The minimum absolute atomic E-state index is 0.464. The first-order valence-corrected chi connectivity index (χ1v) is 10.3. The van der Waals surface area contributed by atoms with Gasteiger partial charge < -0.3 is 10.2 Å². The van der Waals surface area contributed by atoms with Gasteiger partial charge in [-0.15, -0.1) is 22.9 Å². The lowest BCUT2D eigenvalue weighted by molar-refractivity contribution is 0.221. The third kappa shape index (κ3) is 2.91. The molecule has 4 rings (SSSR count). The smallest absolute Gasteiger partial charge is 0.138 e. The van der Waals surface area contributed by atoms with Crippen molar-refractivity contribution < 1.29 is 0 Å². The van der Waals surface area contributed by atoms with E-state index in [9.17, 15) is 0 Å². The van der Waals surface area contributed by atoms with E-state index < -0.39 is 0 Å². The third-order valence-corrected chi connectivity index (χ3v) is 7.23. The summed E-state index contributed by atoms with van der Waals surface area (Å²) in [5, 5.41) is 4.98. The van der Waals surface area contributed by atoms with E-state index in [2.05, 4.69) is 34.3 Å². The summed E-state index contributed by atoms with van der Waals surface area (Å²) in [6.45, 7) is 0. The maximum atomic E-state index is 6.22. The molecule has 24 heavy (non-hydrogen) atoms. The molecule has 2 heterocycles. The monoisotopic (exact) mass is 364 g/mol. The van der Waals surface area contributed by atoms with Gasteiger partial charge in [0.1, 0.15) is 17.0 Å². The number of hydrogen-bond donors (Lipinski definition) is 1. The highest BCUT2D eigenvalue weighted by atomic mass is 35.5. The predicted octanol–water partition coefficient (Wildman–Crippen LogP) is 4.24. The molecule has 1 fully saturated rings. The number of rotatable bonds is 4. The van der Waals surface area contributed by atoms with Gasteiger partial charge in [0, 0.05) is 22.8 Å². The van der Waals surface area contributed by atoms with Crippen LogP contribution in [-0.2, 0) is 6.42 Å². The molecule has 4 nitrogen and oxygen atoms in total. The molecule has 0 bridgehead atoms. The molecule has 6 heteroatoms. The van der Waals surface area contributed by atoms with Gasteiger partial charge in [0.2, 0.25) is 0 Å². The molecule has 0 spiro atoms. The number of alkyl halides is 1. The fraction of sp³-hybridized carbons (Fsp3) is 0.667. The van der Waals surface area contributed by atoms with E-state index in [0.717, 1.165) is 23.1 Å². The van der Waals surface area contributed by atoms with E-state index in [-0.39, 0.29) is 0 Å². The molecular formula is C18H25ClN4S. The summed E-state index contributed by atoms with van der Waals surface area (Å²) in [4.78, 5) is 14.1. The van der Waals surface area contributed by atoms with Crippen LogP contribution in [-0.4, -0.2) is 46.9 Å². The molecule has 0 aromatic carbocycles. The Morgan fingerprint density at radius 1 is 1.21 bits per heavy atom. The van der Waals surface area contributed by atoms with Gasteiger partial charge in [0.25, 0.3) is 0 Å². The van der Waals surface area contributed by atoms with Crippen molar-refractivity contribution in [3.05, 3.63) is 16.8 Å². The van der Waals surface area contributed by atoms with E-state index in [1.54, 1.807) is 6.33 Å². The van der Waals surface area contributed by atoms with Crippen LogP contribution < -0.4 is 5.32 Å². The highest BCUT2D eigenvalue weighted by Crippen LogP contribution is 2.45. The normalized spacial score (nSPS) is 26.9. The second-order valence-electron chi connectivity index (χ2n) is 7.34. The number of fused-ring (bicyclic) bond motifs is 3. The number of halogens is 1. The van der Waals surface area contributed by atoms with Crippen LogP contribution in [0.4, 0.5) is 5.82 Å². The molecule has 2 aromatic rings. The molecule has 0 aliphatic heterocycles. The van der Waals surface area contributed by atoms with Crippen LogP contribution in [0.5, 0.6) is 0 Å². The number of anilines is 1. The zero-order valence-corrected chi connectivity index (χ0v) is 16.0. The number of aromatic nitrogens is 2. The van der Waals surface area contributed by atoms with E-state index in [1.165, 1.54) is 47.9 Å². The van der Waals surface area contributed by atoms with Gasteiger partial charge in [-0.25, -0.2) is 9.97 Å². The Labute approximate surface area is 152 Å². The zero-order chi connectivity index (χ0) is 16.7. The van der Waals surface area contributed by atoms with Crippen molar-refractivity contribution >= 4 is 39.0 Å². The summed E-state index contributed by atoms with van der Waals surface area (Å²) in [5.41, 5.74) is 1.43. The Balaban J connectivity index is 1.59. The molecule has 1 atom stereocenters. The summed E-state index contributed by atoms with van der Waals surface area (Å²) in [6.07, 6.45) is 8.94. The van der Waals surface area contributed by atoms with Crippen molar-refractivity contribution in [3.8, 4) is 0 Å². The molecular weight excluding hydrogens is 340 g/mol. The first-order valence-electron chi connectivity index (χ1n) is 8.92. The zero-order valence-electron chi connectivity index (χ0n) is 14.4. The third-order valence-electron chi connectivity index (χ3n) is 5.68. The van der Waals surface area contributed by atoms with Gasteiger partial charge in [-0.1, -0.05) is 0 Å². The molecule has 2 aromatic heterocycles. The van der Waals surface area contributed by atoms with Crippen LogP contribution in [0, 0.1) is 0 Å². The number of nitrogens with one attached hydrogen (secondary N) is 1. The molecule has 1 unspecified atom stereocenters.